The predicted octanol–water partition coefficient (Wildman–Crippen LogP) is 2.57. The van der Waals surface area contributed by atoms with Gasteiger partial charge in [0.1, 0.15) is 5.75 Å². The van der Waals surface area contributed by atoms with Crippen LogP contribution in [0.3, 0.4) is 0 Å². The van der Waals surface area contributed by atoms with Gasteiger partial charge < -0.3 is 10.1 Å². The lowest BCUT2D eigenvalue weighted by Gasteiger charge is -2.10. The van der Waals surface area contributed by atoms with Gasteiger partial charge in [0.2, 0.25) is 15.0 Å². The second-order valence-electron chi connectivity index (χ2n) is 4.82. The Morgan fingerprint density at radius 2 is 2.04 bits per heavy atom. The van der Waals surface area contributed by atoms with E-state index in [-0.39, 0.29) is 16.5 Å². The molecular weight excluding hydrogens is 354 g/mol. The molecule has 1 amide bonds. The minimum atomic E-state index is -3.65. The molecule has 0 aliphatic carbocycles. The van der Waals surface area contributed by atoms with Crippen molar-refractivity contribution in [2.24, 2.45) is 0 Å². The standard InChI is InChI=1S/C15H16ClN3O4S/c1-3-8-24(21,22)15-17-9-10(16)13(19-15)14(20)18-11-6-4-5-7-12(11)23-2/h4-7,9H,3,8H2,1-2H3,(H,18,20). The number of sulfone groups is 1. The number of amides is 1. The first-order valence-corrected chi connectivity index (χ1v) is 9.11. The highest BCUT2D eigenvalue weighted by Crippen LogP contribution is 2.24. The number of rotatable bonds is 6. The van der Waals surface area contributed by atoms with Crippen LogP contribution in [0.2, 0.25) is 5.02 Å². The molecule has 0 atom stereocenters. The number of anilines is 1. The number of methoxy groups -OCH3 is 1. The molecule has 1 heterocycles. The molecule has 1 aromatic heterocycles. The molecule has 1 N–H and O–H groups in total. The molecule has 0 aliphatic heterocycles. The van der Waals surface area contributed by atoms with Gasteiger partial charge >= 0.3 is 0 Å². The average Bonchev–Trinajstić information content (AvgIpc) is 2.55. The van der Waals surface area contributed by atoms with Gasteiger partial charge in [0.15, 0.2) is 5.69 Å². The van der Waals surface area contributed by atoms with Crippen LogP contribution >= 0.6 is 11.6 Å². The van der Waals surface area contributed by atoms with Crippen LogP contribution in [-0.4, -0.2) is 37.2 Å². The van der Waals surface area contributed by atoms with Gasteiger partial charge in [-0.3, -0.25) is 4.79 Å². The van der Waals surface area contributed by atoms with Crippen LogP contribution in [0.1, 0.15) is 23.8 Å². The lowest BCUT2D eigenvalue weighted by atomic mass is 10.2. The number of nitrogens with zero attached hydrogens (tertiary/aromatic N) is 2. The van der Waals surface area contributed by atoms with Gasteiger partial charge in [0, 0.05) is 0 Å². The van der Waals surface area contributed by atoms with E-state index in [9.17, 15) is 13.2 Å². The fourth-order valence-electron chi connectivity index (χ4n) is 1.95. The molecule has 0 unspecified atom stereocenters. The molecule has 1 aromatic carbocycles. The van der Waals surface area contributed by atoms with E-state index in [0.717, 1.165) is 6.20 Å². The topological polar surface area (TPSA) is 98.2 Å². The van der Waals surface area contributed by atoms with Crippen molar-refractivity contribution >= 4 is 33.0 Å². The van der Waals surface area contributed by atoms with Gasteiger partial charge in [-0.25, -0.2) is 18.4 Å². The second kappa shape index (κ2) is 7.59. The fourth-order valence-corrected chi connectivity index (χ4v) is 3.29. The quantitative estimate of drug-likeness (QED) is 0.786. The number of carbonyl (C=O) groups excluding carboxylic acids is 1. The summed E-state index contributed by atoms with van der Waals surface area (Å²) in [5.41, 5.74) is 0.199. The van der Waals surface area contributed by atoms with Crippen molar-refractivity contribution in [3.05, 3.63) is 41.2 Å². The molecule has 0 spiro atoms. The molecule has 0 saturated heterocycles. The molecular formula is C15H16ClN3O4S. The average molecular weight is 370 g/mol. The highest BCUT2D eigenvalue weighted by atomic mass is 35.5. The molecule has 9 heteroatoms. The van der Waals surface area contributed by atoms with Gasteiger partial charge in [-0.2, -0.15) is 0 Å². The number of nitrogens with one attached hydrogen (secondary N) is 1. The largest absolute Gasteiger partial charge is 0.495 e. The first-order chi connectivity index (χ1) is 11.4. The van der Waals surface area contributed by atoms with Crippen molar-refractivity contribution in [2.45, 2.75) is 18.5 Å². The summed E-state index contributed by atoms with van der Waals surface area (Å²) in [5, 5.41) is 2.13. The van der Waals surface area contributed by atoms with E-state index in [1.54, 1.807) is 31.2 Å². The number of para-hydroxylation sites is 2. The molecule has 24 heavy (non-hydrogen) atoms. The number of carbonyl (C=O) groups is 1. The first kappa shape index (κ1) is 18.2. The lowest BCUT2D eigenvalue weighted by Crippen LogP contribution is -2.18. The summed E-state index contributed by atoms with van der Waals surface area (Å²) in [7, 11) is -2.18. The van der Waals surface area contributed by atoms with Crippen LogP contribution < -0.4 is 10.1 Å². The van der Waals surface area contributed by atoms with Crippen molar-refractivity contribution in [1.29, 1.82) is 0 Å². The fraction of sp³-hybridized carbons (Fsp3) is 0.267. The third-order valence-electron chi connectivity index (χ3n) is 3.04. The van der Waals surface area contributed by atoms with Crippen LogP contribution in [0.25, 0.3) is 0 Å². The third kappa shape index (κ3) is 4.01. The van der Waals surface area contributed by atoms with Crippen molar-refractivity contribution in [3.63, 3.8) is 0 Å². The summed E-state index contributed by atoms with van der Waals surface area (Å²) in [6.45, 7) is 1.72. The molecule has 0 bridgehead atoms. The van der Waals surface area contributed by atoms with Gasteiger partial charge in [0.25, 0.3) is 5.91 Å². The SMILES string of the molecule is CCCS(=O)(=O)c1ncc(Cl)c(C(=O)Nc2ccccc2OC)n1. The van der Waals surface area contributed by atoms with E-state index in [1.807, 2.05) is 0 Å². The second-order valence-corrected chi connectivity index (χ2v) is 7.23. The summed E-state index contributed by atoms with van der Waals surface area (Å²) >= 11 is 5.95. The first-order valence-electron chi connectivity index (χ1n) is 7.08. The Bertz CT molecular complexity index is 856. The van der Waals surface area contributed by atoms with Gasteiger partial charge in [-0.1, -0.05) is 30.7 Å². The van der Waals surface area contributed by atoms with Crippen LogP contribution in [0.5, 0.6) is 5.75 Å². The van der Waals surface area contributed by atoms with E-state index in [2.05, 4.69) is 15.3 Å². The molecule has 2 aromatic rings. The summed E-state index contributed by atoms with van der Waals surface area (Å²) in [4.78, 5) is 20.0. The van der Waals surface area contributed by atoms with Crippen LogP contribution in [0.15, 0.2) is 35.6 Å². The molecule has 0 saturated carbocycles. The Kier molecular flexibility index (Phi) is 5.74. The highest BCUT2D eigenvalue weighted by Gasteiger charge is 2.22. The van der Waals surface area contributed by atoms with Crippen molar-refractivity contribution in [2.75, 3.05) is 18.2 Å². The molecule has 2 rings (SSSR count). The summed E-state index contributed by atoms with van der Waals surface area (Å²) < 4.78 is 29.3. The van der Waals surface area contributed by atoms with Crippen molar-refractivity contribution in [1.82, 2.24) is 9.97 Å². The monoisotopic (exact) mass is 369 g/mol. The Morgan fingerprint density at radius 3 is 2.71 bits per heavy atom. The van der Waals surface area contributed by atoms with Crippen LogP contribution in [0, 0.1) is 0 Å². The summed E-state index contributed by atoms with van der Waals surface area (Å²) in [6, 6.07) is 6.79. The van der Waals surface area contributed by atoms with Gasteiger partial charge in [-0.15, -0.1) is 0 Å². The Labute approximate surface area is 145 Å². The molecule has 0 radical (unpaired) electrons. The maximum atomic E-state index is 12.4. The number of hydrogen-bond acceptors (Lipinski definition) is 6. The third-order valence-corrected chi connectivity index (χ3v) is 5.02. The van der Waals surface area contributed by atoms with Gasteiger partial charge in [-0.05, 0) is 18.6 Å². The normalized spacial score (nSPS) is 11.1. The van der Waals surface area contributed by atoms with Crippen LogP contribution in [0.4, 0.5) is 5.69 Å². The summed E-state index contributed by atoms with van der Waals surface area (Å²) in [6.07, 6.45) is 1.52. The molecule has 0 fully saturated rings. The van der Waals surface area contributed by atoms with Crippen molar-refractivity contribution in [3.8, 4) is 5.75 Å². The van der Waals surface area contributed by atoms with E-state index >= 15 is 0 Å². The van der Waals surface area contributed by atoms with E-state index in [1.165, 1.54) is 7.11 Å². The van der Waals surface area contributed by atoms with Crippen LogP contribution in [-0.2, 0) is 9.84 Å². The zero-order valence-electron chi connectivity index (χ0n) is 13.1. The number of benzene rings is 1. The minimum absolute atomic E-state index is 0.0437. The Morgan fingerprint density at radius 1 is 1.33 bits per heavy atom. The van der Waals surface area contributed by atoms with E-state index in [0.29, 0.717) is 17.9 Å². The predicted molar refractivity (Wildman–Crippen MR) is 90.3 cm³/mol. The minimum Gasteiger partial charge on any atom is -0.495 e. The Hall–Kier alpha value is -2.19. The maximum absolute atomic E-state index is 12.4. The smallest absolute Gasteiger partial charge is 0.276 e. The zero-order chi connectivity index (χ0) is 17.7. The highest BCUT2D eigenvalue weighted by molar-refractivity contribution is 7.91. The van der Waals surface area contributed by atoms with Crippen molar-refractivity contribution < 1.29 is 17.9 Å². The van der Waals surface area contributed by atoms with E-state index in [4.69, 9.17) is 16.3 Å². The Balaban J connectivity index is 2.36. The van der Waals surface area contributed by atoms with E-state index < -0.39 is 20.9 Å². The number of aromatic nitrogens is 2. The van der Waals surface area contributed by atoms with Gasteiger partial charge in [0.05, 0.1) is 29.8 Å². The number of hydrogen-bond donors (Lipinski definition) is 1. The molecule has 7 nitrogen and oxygen atoms in total. The molecule has 0 aliphatic rings. The lowest BCUT2D eigenvalue weighted by molar-refractivity contribution is 0.102. The summed E-state index contributed by atoms with van der Waals surface area (Å²) in [5.74, 6) is -0.308. The molecule has 128 valence electrons. The maximum Gasteiger partial charge on any atom is 0.276 e. The zero-order valence-corrected chi connectivity index (χ0v) is 14.7. The number of ether oxygens (including phenoxy) is 1. The number of halogens is 1.